The van der Waals surface area contributed by atoms with Gasteiger partial charge in [-0.25, -0.2) is 9.80 Å². The van der Waals surface area contributed by atoms with E-state index in [0.29, 0.717) is 9.80 Å². The molecule has 22 nitrogen and oxygen atoms in total. The number of aromatic hydroxyl groups is 1. The first kappa shape index (κ1) is 42.4. The van der Waals surface area contributed by atoms with E-state index >= 15 is 0 Å². The van der Waals surface area contributed by atoms with Crippen LogP contribution in [0.3, 0.4) is 0 Å². The van der Waals surface area contributed by atoms with Gasteiger partial charge in [0, 0.05) is 63.9 Å². The molecular formula is C37H31F3N8O14. The molecule has 1 N–H and O–H groups in total. The molecule has 2 saturated heterocycles. The highest BCUT2D eigenvalue weighted by atomic mass is 19.4. The highest BCUT2D eigenvalue weighted by Crippen LogP contribution is 2.60. The number of fused-ring (bicyclic) bond motifs is 4. The third-order valence-corrected chi connectivity index (χ3v) is 11.5. The number of carbonyl (C=O) groups is 4. The summed E-state index contributed by atoms with van der Waals surface area (Å²) in [6.45, 7) is 0. The maximum Gasteiger partial charge on any atom is 0.573 e. The smallest absolute Gasteiger partial charge is 0.508 e. The quantitative estimate of drug-likeness (QED) is 0.120. The zero-order chi connectivity index (χ0) is 45.6. The van der Waals surface area contributed by atoms with E-state index < -0.39 is 154 Å². The summed E-state index contributed by atoms with van der Waals surface area (Å²) in [7, 11) is 5.17. The Labute approximate surface area is 344 Å². The summed E-state index contributed by atoms with van der Waals surface area (Å²) in [6.07, 6.45) is -4.54. The van der Waals surface area contributed by atoms with E-state index in [1.54, 1.807) is 0 Å². The summed E-state index contributed by atoms with van der Waals surface area (Å²) in [5, 5.41) is 59.9. The van der Waals surface area contributed by atoms with Gasteiger partial charge in [-0.05, 0) is 37.0 Å². The van der Waals surface area contributed by atoms with Crippen molar-refractivity contribution in [3.05, 3.63) is 100 Å². The van der Waals surface area contributed by atoms with Crippen molar-refractivity contribution in [2.24, 2.45) is 29.6 Å². The Hall–Kier alpha value is -7.73. The van der Waals surface area contributed by atoms with Gasteiger partial charge in [0.2, 0.25) is 23.6 Å². The second kappa shape index (κ2) is 14.8. The number of halogens is 3. The molecule has 3 aromatic carbocycles. The number of amides is 4. The first-order valence-corrected chi connectivity index (χ1v) is 18.3. The van der Waals surface area contributed by atoms with Crippen molar-refractivity contribution < 1.29 is 61.9 Å². The first-order valence-electron chi connectivity index (χ1n) is 18.3. The predicted octanol–water partition coefficient (Wildman–Crippen LogP) is 5.10. The van der Waals surface area contributed by atoms with Crippen molar-refractivity contribution in [2.45, 2.75) is 25.1 Å². The molecule has 0 bridgehead atoms. The summed E-state index contributed by atoms with van der Waals surface area (Å²) < 4.78 is 44.5. The number of carbonyl (C=O) groups excluding carboxylic acids is 4. The van der Waals surface area contributed by atoms with Gasteiger partial charge < -0.3 is 19.6 Å². The molecule has 3 aromatic rings. The van der Waals surface area contributed by atoms with Crippen molar-refractivity contribution in [1.82, 2.24) is 0 Å². The second-order valence-electron chi connectivity index (χ2n) is 15.3. The number of imide groups is 2. The van der Waals surface area contributed by atoms with Crippen molar-refractivity contribution in [3.63, 3.8) is 0 Å². The predicted molar refractivity (Wildman–Crippen MR) is 205 cm³/mol. The molecule has 0 spiro atoms. The number of anilines is 4. The number of nitro benzene ring substituents is 4. The van der Waals surface area contributed by atoms with Crippen LogP contribution >= 0.6 is 0 Å². The van der Waals surface area contributed by atoms with E-state index in [2.05, 4.69) is 4.74 Å². The zero-order valence-electron chi connectivity index (χ0n) is 32.5. The van der Waals surface area contributed by atoms with E-state index in [1.165, 1.54) is 34.3 Å². The van der Waals surface area contributed by atoms with Crippen LogP contribution in [0.25, 0.3) is 0 Å². The number of nitro groups is 4. The van der Waals surface area contributed by atoms with Gasteiger partial charge in [-0.1, -0.05) is 11.6 Å². The number of ether oxygens (including phenoxy) is 1. The molecule has 0 unspecified atom stereocenters. The second-order valence-corrected chi connectivity index (χ2v) is 15.3. The molecule has 324 valence electrons. The summed E-state index contributed by atoms with van der Waals surface area (Å²) in [5.41, 5.74) is -5.70. The van der Waals surface area contributed by atoms with Gasteiger partial charge in [0.25, 0.3) is 0 Å². The van der Waals surface area contributed by atoms with Gasteiger partial charge >= 0.3 is 29.1 Å². The molecule has 2 heterocycles. The van der Waals surface area contributed by atoms with Gasteiger partial charge in [-0.15, -0.1) is 13.2 Å². The Kier molecular flexibility index (Phi) is 10.1. The Balaban J connectivity index is 1.39. The van der Waals surface area contributed by atoms with Crippen LogP contribution in [-0.4, -0.2) is 83.0 Å². The third-order valence-electron chi connectivity index (χ3n) is 11.5. The van der Waals surface area contributed by atoms with Crippen LogP contribution in [0.1, 0.15) is 24.3 Å². The lowest BCUT2D eigenvalue weighted by Gasteiger charge is -2.44. The zero-order valence-corrected chi connectivity index (χ0v) is 32.5. The lowest BCUT2D eigenvalue weighted by atomic mass is 9.57. The van der Waals surface area contributed by atoms with Gasteiger partial charge in [0.15, 0.2) is 11.4 Å². The number of benzene rings is 3. The molecule has 7 rings (SSSR count). The molecule has 62 heavy (non-hydrogen) atoms. The minimum atomic E-state index is -5.24. The lowest BCUT2D eigenvalue weighted by molar-refractivity contribution is -0.392. The van der Waals surface area contributed by atoms with E-state index in [9.17, 15) is 77.9 Å². The van der Waals surface area contributed by atoms with Gasteiger partial charge in [-0.3, -0.25) is 59.6 Å². The SMILES string of the molecule is CN(C)c1c([N+](=O)[O-])cc(N2C(=O)[C@H]3[C@H](CC=C4[C@H]3C[C@H]3C(=O)N(c5cc([N+](=O)[O-])c(N(C)C)c([N+](=O)[O-])c5)C(=O)[C@H]3[C@H]4c3cc(OC(F)(F)F)ccc3O)C2=O)cc1[N+](=O)[O-]. The standard InChI is InChI=1S/C37H31F3N8O14/c1-41(2)31-23(45(54)55)9-15(10-24(31)46(56)57)43-33(50)19-7-6-18-20(29(19)35(43)52)14-22-30(28(18)21-13-17(5-8-27(21)49)62-37(38,39)40)36(53)44(34(22)51)16-11-25(47(58)59)32(42(3)4)26(12-16)48(60)61/h5-6,8-13,19-20,22,28-30,49H,7,14H2,1-4H3/t19-,20+,22+,28+,29-,30+/m0/s1. The number of phenols is 1. The van der Waals surface area contributed by atoms with Crippen molar-refractivity contribution in [2.75, 3.05) is 47.8 Å². The summed E-state index contributed by atoms with van der Waals surface area (Å²) in [6, 6.07) is 5.51. The van der Waals surface area contributed by atoms with Gasteiger partial charge in [0.1, 0.15) is 11.5 Å². The van der Waals surface area contributed by atoms with Crippen LogP contribution in [0.15, 0.2) is 54.1 Å². The molecule has 3 fully saturated rings. The highest BCUT2D eigenvalue weighted by molar-refractivity contribution is 6.24. The van der Waals surface area contributed by atoms with Gasteiger partial charge in [0.05, 0.1) is 54.7 Å². The van der Waals surface area contributed by atoms with Crippen LogP contribution < -0.4 is 24.3 Å². The van der Waals surface area contributed by atoms with E-state index in [4.69, 9.17) is 0 Å². The number of hydrogen-bond donors (Lipinski definition) is 1. The van der Waals surface area contributed by atoms with Crippen molar-refractivity contribution in [1.29, 1.82) is 0 Å². The fourth-order valence-corrected chi connectivity index (χ4v) is 9.34. The molecule has 25 heteroatoms. The largest absolute Gasteiger partial charge is 0.573 e. The molecular weight excluding hydrogens is 837 g/mol. The molecule has 2 aliphatic heterocycles. The molecule has 6 atom stereocenters. The van der Waals surface area contributed by atoms with Crippen molar-refractivity contribution >= 4 is 69.1 Å². The molecule has 2 aliphatic carbocycles. The minimum Gasteiger partial charge on any atom is -0.508 e. The van der Waals surface area contributed by atoms with Crippen LogP contribution in [0.5, 0.6) is 11.5 Å². The van der Waals surface area contributed by atoms with Crippen LogP contribution in [-0.2, 0) is 19.2 Å². The van der Waals surface area contributed by atoms with E-state index in [0.717, 1.165) is 52.3 Å². The summed E-state index contributed by atoms with van der Waals surface area (Å²) in [5.74, 6) is -14.4. The van der Waals surface area contributed by atoms with Crippen LogP contribution in [0, 0.1) is 70.0 Å². The molecule has 0 aromatic heterocycles. The van der Waals surface area contributed by atoms with Crippen LogP contribution in [0.4, 0.5) is 58.7 Å². The molecule has 1 saturated carbocycles. The number of allylic oxidation sites excluding steroid dienone is 2. The third kappa shape index (κ3) is 6.69. The fourth-order valence-electron chi connectivity index (χ4n) is 9.34. The van der Waals surface area contributed by atoms with Gasteiger partial charge in [-0.2, -0.15) is 0 Å². The minimum absolute atomic E-state index is 0.109. The monoisotopic (exact) mass is 868 g/mol. The normalized spacial score (nSPS) is 23.0. The Morgan fingerprint density at radius 3 is 1.52 bits per heavy atom. The molecule has 4 aliphatic rings. The maximum absolute atomic E-state index is 14.6. The number of phenolic OH excluding ortho intramolecular Hbond substituents is 1. The highest BCUT2D eigenvalue weighted by Gasteiger charge is 2.63. The topological polar surface area (TPSA) is 283 Å². The number of rotatable bonds is 10. The number of alkyl halides is 3. The molecule has 0 radical (unpaired) electrons. The average Bonchev–Trinajstić information content (AvgIpc) is 3.59. The first-order chi connectivity index (χ1) is 28.9. The average molecular weight is 869 g/mol. The summed E-state index contributed by atoms with van der Waals surface area (Å²) >= 11 is 0. The van der Waals surface area contributed by atoms with E-state index in [-0.39, 0.29) is 12.0 Å². The summed E-state index contributed by atoms with van der Waals surface area (Å²) in [4.78, 5) is 106. The maximum atomic E-state index is 14.6. The molecule has 4 amide bonds. The fraction of sp³-hybridized carbons (Fsp3) is 0.351. The Morgan fingerprint density at radius 2 is 1.10 bits per heavy atom. The lowest BCUT2D eigenvalue weighted by Crippen LogP contribution is -2.43. The van der Waals surface area contributed by atoms with E-state index in [1.807, 2.05) is 0 Å². The van der Waals surface area contributed by atoms with Crippen LogP contribution in [0.2, 0.25) is 0 Å². The number of hydrogen-bond acceptors (Lipinski definition) is 16. The Morgan fingerprint density at radius 1 is 0.661 bits per heavy atom. The Bertz CT molecular complexity index is 2530. The number of nitrogens with zero attached hydrogens (tertiary/aromatic N) is 8. The van der Waals surface area contributed by atoms with Crippen molar-refractivity contribution in [3.8, 4) is 11.5 Å².